The van der Waals surface area contributed by atoms with Crippen molar-refractivity contribution >= 4 is 0 Å². The number of aromatic nitrogens is 2. The van der Waals surface area contributed by atoms with Crippen LogP contribution in [-0.2, 0) is 18.3 Å². The zero-order chi connectivity index (χ0) is 15.8. The Morgan fingerprint density at radius 2 is 2.10 bits per heavy atom. The molecule has 1 saturated carbocycles. The van der Waals surface area contributed by atoms with E-state index in [1.807, 2.05) is 25.6 Å². The standard InChI is InChI=1S/C16H29N3O2/c1-7-21-14-8-16(20,15(14,4)5)10-17-9-13-11(2)18-19(6)12(13)3/h14,17,20H,7-10H2,1-6H3/t14-,16-/m1/s1. The Morgan fingerprint density at radius 1 is 1.43 bits per heavy atom. The first-order valence-electron chi connectivity index (χ1n) is 7.76. The van der Waals surface area contributed by atoms with Crippen LogP contribution in [0, 0.1) is 19.3 Å². The molecule has 5 nitrogen and oxygen atoms in total. The lowest BCUT2D eigenvalue weighted by atomic mass is 9.56. The third kappa shape index (κ3) is 2.74. The van der Waals surface area contributed by atoms with Crippen LogP contribution in [0.25, 0.3) is 0 Å². The van der Waals surface area contributed by atoms with Crippen LogP contribution in [0.4, 0.5) is 0 Å². The number of hydrogen-bond acceptors (Lipinski definition) is 4. The molecule has 1 aromatic rings. The molecule has 0 saturated heterocycles. The first-order chi connectivity index (χ1) is 9.73. The Morgan fingerprint density at radius 3 is 2.57 bits per heavy atom. The van der Waals surface area contributed by atoms with Crippen molar-refractivity contribution < 1.29 is 9.84 Å². The van der Waals surface area contributed by atoms with Gasteiger partial charge in [0.2, 0.25) is 0 Å². The number of hydrogen-bond donors (Lipinski definition) is 2. The van der Waals surface area contributed by atoms with Gasteiger partial charge in [-0.05, 0) is 20.8 Å². The number of aryl methyl sites for hydroxylation is 2. The SMILES string of the molecule is CCO[C@@H]1C[C@@](O)(CNCc2c(C)nn(C)c2C)C1(C)C. The molecule has 0 spiro atoms. The summed E-state index contributed by atoms with van der Waals surface area (Å²) in [6.07, 6.45) is 0.849. The summed E-state index contributed by atoms with van der Waals surface area (Å²) < 4.78 is 7.60. The Balaban J connectivity index is 1.92. The number of nitrogens with one attached hydrogen (secondary N) is 1. The molecule has 1 aromatic heterocycles. The van der Waals surface area contributed by atoms with Crippen LogP contribution >= 0.6 is 0 Å². The van der Waals surface area contributed by atoms with Crippen LogP contribution in [0.3, 0.4) is 0 Å². The van der Waals surface area contributed by atoms with Gasteiger partial charge in [0.05, 0.1) is 17.4 Å². The third-order valence-corrected chi connectivity index (χ3v) is 5.27. The fraction of sp³-hybridized carbons (Fsp3) is 0.812. The summed E-state index contributed by atoms with van der Waals surface area (Å²) >= 11 is 0. The van der Waals surface area contributed by atoms with Crippen molar-refractivity contribution in [1.29, 1.82) is 0 Å². The van der Waals surface area contributed by atoms with Crippen molar-refractivity contribution in [2.45, 2.75) is 59.3 Å². The van der Waals surface area contributed by atoms with E-state index in [9.17, 15) is 5.11 Å². The summed E-state index contributed by atoms with van der Waals surface area (Å²) in [5, 5.41) is 18.6. The first kappa shape index (κ1) is 16.5. The van der Waals surface area contributed by atoms with Crippen LogP contribution in [-0.4, -0.2) is 39.7 Å². The minimum absolute atomic E-state index is 0.149. The van der Waals surface area contributed by atoms with Gasteiger partial charge in [-0.2, -0.15) is 5.10 Å². The lowest BCUT2D eigenvalue weighted by molar-refractivity contribution is -0.238. The first-order valence-corrected chi connectivity index (χ1v) is 7.76. The minimum Gasteiger partial charge on any atom is -0.388 e. The molecule has 1 heterocycles. The fourth-order valence-corrected chi connectivity index (χ4v) is 3.23. The highest BCUT2D eigenvalue weighted by atomic mass is 16.5. The summed E-state index contributed by atoms with van der Waals surface area (Å²) in [4.78, 5) is 0. The fourth-order valence-electron chi connectivity index (χ4n) is 3.23. The van der Waals surface area contributed by atoms with Gasteiger partial charge in [0.15, 0.2) is 0 Å². The van der Waals surface area contributed by atoms with Gasteiger partial charge >= 0.3 is 0 Å². The van der Waals surface area contributed by atoms with E-state index in [0.717, 1.165) is 12.2 Å². The van der Waals surface area contributed by atoms with Gasteiger partial charge in [-0.1, -0.05) is 13.8 Å². The highest BCUT2D eigenvalue weighted by Crippen LogP contribution is 2.50. The van der Waals surface area contributed by atoms with Gasteiger partial charge in [-0.15, -0.1) is 0 Å². The molecule has 5 heteroatoms. The van der Waals surface area contributed by atoms with E-state index in [-0.39, 0.29) is 11.5 Å². The largest absolute Gasteiger partial charge is 0.388 e. The van der Waals surface area contributed by atoms with Crippen LogP contribution in [0.1, 0.15) is 44.1 Å². The summed E-state index contributed by atoms with van der Waals surface area (Å²) in [5.74, 6) is 0. The van der Waals surface area contributed by atoms with Crippen LogP contribution in [0.15, 0.2) is 0 Å². The lowest BCUT2D eigenvalue weighted by Crippen LogP contribution is -2.68. The van der Waals surface area contributed by atoms with Crippen molar-refractivity contribution in [2.75, 3.05) is 13.2 Å². The number of rotatable bonds is 6. The second-order valence-corrected chi connectivity index (χ2v) is 6.78. The lowest BCUT2D eigenvalue weighted by Gasteiger charge is -2.58. The van der Waals surface area contributed by atoms with Crippen LogP contribution in [0.2, 0.25) is 0 Å². The second-order valence-electron chi connectivity index (χ2n) is 6.78. The monoisotopic (exact) mass is 295 g/mol. The molecule has 2 atom stereocenters. The average molecular weight is 295 g/mol. The van der Waals surface area contributed by atoms with Gasteiger partial charge < -0.3 is 15.2 Å². The molecule has 1 fully saturated rings. The third-order valence-electron chi connectivity index (χ3n) is 5.27. The Bertz CT molecular complexity index is 510. The van der Waals surface area contributed by atoms with Crippen molar-refractivity contribution in [3.63, 3.8) is 0 Å². The molecular formula is C16H29N3O2. The topological polar surface area (TPSA) is 59.3 Å². The normalized spacial score (nSPS) is 27.7. The highest BCUT2D eigenvalue weighted by Gasteiger charge is 2.59. The van der Waals surface area contributed by atoms with E-state index in [1.165, 1.54) is 11.3 Å². The van der Waals surface area contributed by atoms with E-state index in [1.54, 1.807) is 0 Å². The van der Waals surface area contributed by atoms with Gasteiger partial charge in [0.1, 0.15) is 0 Å². The summed E-state index contributed by atoms with van der Waals surface area (Å²) in [5.41, 5.74) is 2.53. The maximum absolute atomic E-state index is 10.8. The molecule has 0 bridgehead atoms. The molecular weight excluding hydrogens is 266 g/mol. The predicted octanol–water partition coefficient (Wildman–Crippen LogP) is 1.69. The van der Waals surface area contributed by atoms with E-state index >= 15 is 0 Å². The average Bonchev–Trinajstić information content (AvgIpc) is 2.65. The van der Waals surface area contributed by atoms with E-state index < -0.39 is 5.60 Å². The number of nitrogens with zero attached hydrogens (tertiary/aromatic N) is 2. The Labute approximate surface area is 127 Å². The van der Waals surface area contributed by atoms with Gasteiger partial charge in [-0.3, -0.25) is 4.68 Å². The van der Waals surface area contributed by atoms with Crippen LogP contribution in [0.5, 0.6) is 0 Å². The Kier molecular flexibility index (Phi) is 4.47. The molecule has 0 aliphatic heterocycles. The zero-order valence-corrected chi connectivity index (χ0v) is 14.2. The predicted molar refractivity (Wildman–Crippen MR) is 83.2 cm³/mol. The maximum Gasteiger partial charge on any atom is 0.0871 e. The van der Waals surface area contributed by atoms with Gasteiger partial charge in [0.25, 0.3) is 0 Å². The molecule has 1 aliphatic rings. The quantitative estimate of drug-likeness (QED) is 0.838. The zero-order valence-electron chi connectivity index (χ0n) is 14.2. The van der Waals surface area contributed by atoms with Crippen molar-refractivity contribution in [3.05, 3.63) is 17.0 Å². The van der Waals surface area contributed by atoms with E-state index in [2.05, 4.69) is 31.2 Å². The molecule has 1 aliphatic carbocycles. The maximum atomic E-state index is 10.8. The number of aliphatic hydroxyl groups is 1. The molecule has 120 valence electrons. The Hall–Kier alpha value is -0.910. The second kappa shape index (κ2) is 5.71. The smallest absolute Gasteiger partial charge is 0.0871 e. The molecule has 2 rings (SSSR count). The molecule has 2 N–H and O–H groups in total. The highest BCUT2D eigenvalue weighted by molar-refractivity contribution is 5.24. The molecule has 0 amide bonds. The number of ether oxygens (including phenoxy) is 1. The molecule has 0 aromatic carbocycles. The van der Waals surface area contributed by atoms with Gasteiger partial charge in [0, 0.05) is 49.8 Å². The summed E-state index contributed by atoms with van der Waals surface area (Å²) in [6, 6.07) is 0. The van der Waals surface area contributed by atoms with Gasteiger partial charge in [-0.25, -0.2) is 0 Å². The molecule has 21 heavy (non-hydrogen) atoms. The molecule has 0 radical (unpaired) electrons. The van der Waals surface area contributed by atoms with E-state index in [4.69, 9.17) is 4.74 Å². The summed E-state index contributed by atoms with van der Waals surface area (Å²) in [7, 11) is 1.96. The van der Waals surface area contributed by atoms with E-state index in [0.29, 0.717) is 19.6 Å². The molecule has 0 unspecified atom stereocenters. The minimum atomic E-state index is -0.698. The van der Waals surface area contributed by atoms with Crippen molar-refractivity contribution in [1.82, 2.24) is 15.1 Å². The van der Waals surface area contributed by atoms with Crippen LogP contribution < -0.4 is 5.32 Å². The van der Waals surface area contributed by atoms with Crippen molar-refractivity contribution in [3.8, 4) is 0 Å². The summed E-state index contributed by atoms with van der Waals surface area (Å²) in [6.45, 7) is 12.3. The van der Waals surface area contributed by atoms with Crippen molar-refractivity contribution in [2.24, 2.45) is 12.5 Å².